The molecule has 0 aliphatic carbocycles. The predicted octanol–water partition coefficient (Wildman–Crippen LogP) is 2.39. The molecule has 0 aliphatic heterocycles. The number of ether oxygens (including phenoxy) is 2. The largest absolute Gasteiger partial charge is 0.497 e. The number of carbonyl (C=O) groups is 1. The van der Waals surface area contributed by atoms with Crippen molar-refractivity contribution in [3.63, 3.8) is 0 Å². The third-order valence-electron chi connectivity index (χ3n) is 3.33. The van der Waals surface area contributed by atoms with E-state index in [-0.39, 0.29) is 5.91 Å². The molecule has 2 rings (SSSR count). The second-order valence-corrected chi connectivity index (χ2v) is 6.66. The third kappa shape index (κ3) is 5.38. The molecule has 0 aromatic heterocycles. The summed E-state index contributed by atoms with van der Waals surface area (Å²) in [5.41, 5.74) is 0. The van der Waals surface area contributed by atoms with Crippen molar-refractivity contribution in [1.29, 1.82) is 0 Å². The monoisotopic (exact) mass is 347 g/mol. The van der Waals surface area contributed by atoms with Crippen molar-refractivity contribution in [1.82, 2.24) is 5.32 Å². The molecule has 2 aromatic carbocycles. The lowest BCUT2D eigenvalue weighted by Gasteiger charge is -2.15. The standard InChI is InChI=1S/C18H21NO4S/c1-14(23-16-10-8-15(22-2)9-11-16)18(20)19-12-13-24(21)17-6-4-3-5-7-17/h3-11,14H,12-13H2,1-2H3,(H,19,20)/t14-,24-/m0/s1. The molecule has 0 radical (unpaired) electrons. The highest BCUT2D eigenvalue weighted by atomic mass is 32.2. The number of carbonyl (C=O) groups excluding carboxylic acids is 1. The van der Waals surface area contributed by atoms with Gasteiger partial charge in [-0.15, -0.1) is 0 Å². The highest BCUT2D eigenvalue weighted by molar-refractivity contribution is 7.85. The number of methoxy groups -OCH3 is 1. The second kappa shape index (κ2) is 9.08. The smallest absolute Gasteiger partial charge is 0.260 e. The van der Waals surface area contributed by atoms with Crippen LogP contribution in [0.15, 0.2) is 59.5 Å². The highest BCUT2D eigenvalue weighted by Crippen LogP contribution is 2.18. The average Bonchev–Trinajstić information content (AvgIpc) is 2.62. The number of hydrogen-bond donors (Lipinski definition) is 1. The maximum Gasteiger partial charge on any atom is 0.260 e. The molecule has 0 fully saturated rings. The Morgan fingerprint density at radius 3 is 2.33 bits per heavy atom. The van der Waals surface area contributed by atoms with Gasteiger partial charge >= 0.3 is 0 Å². The van der Waals surface area contributed by atoms with Crippen molar-refractivity contribution < 1.29 is 18.5 Å². The van der Waals surface area contributed by atoms with Gasteiger partial charge in [0.25, 0.3) is 5.91 Å². The van der Waals surface area contributed by atoms with Crippen molar-refractivity contribution in [2.45, 2.75) is 17.9 Å². The topological polar surface area (TPSA) is 64.6 Å². The van der Waals surface area contributed by atoms with E-state index in [1.54, 1.807) is 38.3 Å². The SMILES string of the molecule is COc1ccc(O[C@@H](C)C(=O)NCC[S@](=O)c2ccccc2)cc1. The van der Waals surface area contributed by atoms with Crippen molar-refractivity contribution in [3.8, 4) is 11.5 Å². The van der Waals surface area contributed by atoms with E-state index < -0.39 is 16.9 Å². The summed E-state index contributed by atoms with van der Waals surface area (Å²) >= 11 is 0. The Balaban J connectivity index is 1.76. The zero-order chi connectivity index (χ0) is 17.4. The summed E-state index contributed by atoms with van der Waals surface area (Å²) in [7, 11) is 0.464. The number of benzene rings is 2. The van der Waals surface area contributed by atoms with Gasteiger partial charge in [0.1, 0.15) is 11.5 Å². The van der Waals surface area contributed by atoms with Crippen LogP contribution in [-0.4, -0.2) is 35.6 Å². The van der Waals surface area contributed by atoms with Gasteiger partial charge in [-0.3, -0.25) is 9.00 Å². The summed E-state index contributed by atoms with van der Waals surface area (Å²) in [4.78, 5) is 12.8. The van der Waals surface area contributed by atoms with Gasteiger partial charge in [-0.05, 0) is 43.3 Å². The van der Waals surface area contributed by atoms with Crippen LogP contribution in [0, 0.1) is 0 Å². The van der Waals surface area contributed by atoms with Crippen LogP contribution in [-0.2, 0) is 15.6 Å². The molecule has 1 amide bonds. The van der Waals surface area contributed by atoms with Gasteiger partial charge in [-0.1, -0.05) is 18.2 Å². The van der Waals surface area contributed by atoms with Gasteiger partial charge in [0.05, 0.1) is 17.9 Å². The molecule has 0 unspecified atom stereocenters. The molecule has 2 atom stereocenters. The maximum atomic E-state index is 12.1. The van der Waals surface area contributed by atoms with Gasteiger partial charge in [-0.25, -0.2) is 0 Å². The van der Waals surface area contributed by atoms with Crippen LogP contribution in [0.4, 0.5) is 0 Å². The first-order valence-corrected chi connectivity index (χ1v) is 8.94. The van der Waals surface area contributed by atoms with Crippen LogP contribution < -0.4 is 14.8 Å². The highest BCUT2D eigenvalue weighted by Gasteiger charge is 2.14. The summed E-state index contributed by atoms with van der Waals surface area (Å²) in [6.45, 7) is 2.00. The van der Waals surface area contributed by atoms with Gasteiger partial charge in [0, 0.05) is 17.2 Å². The quantitative estimate of drug-likeness (QED) is 0.796. The van der Waals surface area contributed by atoms with E-state index >= 15 is 0 Å². The fourth-order valence-corrected chi connectivity index (χ4v) is 3.00. The molecule has 0 saturated heterocycles. The summed E-state index contributed by atoms with van der Waals surface area (Å²) in [6.07, 6.45) is -0.636. The zero-order valence-electron chi connectivity index (χ0n) is 13.7. The maximum absolute atomic E-state index is 12.1. The number of hydrogen-bond acceptors (Lipinski definition) is 4. The van der Waals surface area contributed by atoms with Gasteiger partial charge in [-0.2, -0.15) is 0 Å². The molecule has 2 aromatic rings. The Morgan fingerprint density at radius 1 is 1.08 bits per heavy atom. The molecule has 0 aliphatic rings. The van der Waals surface area contributed by atoms with Crippen molar-refractivity contribution >= 4 is 16.7 Å². The van der Waals surface area contributed by atoms with E-state index in [2.05, 4.69) is 5.32 Å². The predicted molar refractivity (Wildman–Crippen MR) is 93.8 cm³/mol. The van der Waals surface area contributed by atoms with E-state index in [1.165, 1.54) is 0 Å². The van der Waals surface area contributed by atoms with Crippen LogP contribution in [0.3, 0.4) is 0 Å². The van der Waals surface area contributed by atoms with Crippen LogP contribution >= 0.6 is 0 Å². The average molecular weight is 347 g/mol. The first-order chi connectivity index (χ1) is 11.6. The van der Waals surface area contributed by atoms with Gasteiger partial charge < -0.3 is 14.8 Å². The molecule has 1 N–H and O–H groups in total. The molecule has 6 heteroatoms. The number of rotatable bonds is 8. The molecule has 24 heavy (non-hydrogen) atoms. The first kappa shape index (κ1) is 18.0. The Kier molecular flexibility index (Phi) is 6.81. The van der Waals surface area contributed by atoms with Crippen molar-refractivity contribution in [2.24, 2.45) is 0 Å². The summed E-state index contributed by atoms with van der Waals surface area (Å²) in [5.74, 6) is 1.44. The Hall–Kier alpha value is -2.34. The van der Waals surface area contributed by atoms with Crippen LogP contribution in [0.5, 0.6) is 11.5 Å². The summed E-state index contributed by atoms with van der Waals surface area (Å²) < 4.78 is 22.7. The van der Waals surface area contributed by atoms with E-state index in [4.69, 9.17) is 9.47 Å². The van der Waals surface area contributed by atoms with E-state index in [1.807, 2.05) is 30.3 Å². The second-order valence-electron chi connectivity index (χ2n) is 5.09. The fraction of sp³-hybridized carbons (Fsp3) is 0.278. The van der Waals surface area contributed by atoms with Crippen molar-refractivity contribution in [3.05, 3.63) is 54.6 Å². The van der Waals surface area contributed by atoms with E-state index in [9.17, 15) is 9.00 Å². The lowest BCUT2D eigenvalue weighted by Crippen LogP contribution is -2.38. The Morgan fingerprint density at radius 2 is 1.71 bits per heavy atom. The van der Waals surface area contributed by atoms with Crippen LogP contribution in [0.1, 0.15) is 6.92 Å². The molecule has 5 nitrogen and oxygen atoms in total. The summed E-state index contributed by atoms with van der Waals surface area (Å²) in [6, 6.07) is 16.2. The molecular weight excluding hydrogens is 326 g/mol. The lowest BCUT2D eigenvalue weighted by molar-refractivity contribution is -0.127. The van der Waals surface area contributed by atoms with Gasteiger partial charge in [0.15, 0.2) is 6.10 Å². The minimum atomic E-state index is -1.12. The van der Waals surface area contributed by atoms with E-state index in [0.717, 1.165) is 10.6 Å². The zero-order valence-corrected chi connectivity index (χ0v) is 14.5. The first-order valence-electron chi connectivity index (χ1n) is 7.62. The van der Waals surface area contributed by atoms with Gasteiger partial charge in [0.2, 0.25) is 0 Å². The van der Waals surface area contributed by atoms with Crippen molar-refractivity contribution in [2.75, 3.05) is 19.4 Å². The number of nitrogens with one attached hydrogen (secondary N) is 1. The molecule has 128 valence electrons. The lowest BCUT2D eigenvalue weighted by atomic mass is 10.3. The normalized spacial score (nSPS) is 12.9. The molecule has 0 saturated carbocycles. The van der Waals surface area contributed by atoms with E-state index in [0.29, 0.717) is 18.0 Å². The Labute approximate surface area is 144 Å². The number of amides is 1. The fourth-order valence-electron chi connectivity index (χ4n) is 2.01. The molecule has 0 heterocycles. The summed E-state index contributed by atoms with van der Waals surface area (Å²) in [5, 5.41) is 2.74. The minimum Gasteiger partial charge on any atom is -0.497 e. The molecular formula is C18H21NO4S. The molecule has 0 bridgehead atoms. The molecule has 0 spiro atoms. The minimum absolute atomic E-state index is 0.240. The Bertz CT molecular complexity index is 673. The van der Waals surface area contributed by atoms with Crippen LogP contribution in [0.25, 0.3) is 0 Å². The third-order valence-corrected chi connectivity index (χ3v) is 4.71. The van der Waals surface area contributed by atoms with Crippen LogP contribution in [0.2, 0.25) is 0 Å².